The van der Waals surface area contributed by atoms with E-state index in [0.717, 1.165) is 6.16 Å². The van der Waals surface area contributed by atoms with Crippen molar-refractivity contribution < 1.29 is 19.5 Å². The van der Waals surface area contributed by atoms with Crippen LogP contribution in [0.3, 0.4) is 0 Å². The van der Waals surface area contributed by atoms with Crippen molar-refractivity contribution in [2.75, 3.05) is 18.5 Å². The van der Waals surface area contributed by atoms with Gasteiger partial charge in [0.15, 0.2) is 17.7 Å². The Balaban J connectivity index is 1.83. The molecule has 9 nitrogen and oxygen atoms in total. The molecular formula is C12H18N5O4P. The number of aliphatic hydroxyl groups excluding tert-OH is 2. The first kappa shape index (κ1) is 15.5. The molecule has 1 fully saturated rings. The molecule has 1 aliphatic rings. The number of nitrogen functional groups attached to an aromatic ring is 1. The molecule has 0 amide bonds. The highest BCUT2D eigenvalue weighted by atomic mass is 31.1. The lowest BCUT2D eigenvalue weighted by atomic mass is 10.1. The number of hydrogen-bond donors (Lipinski definition) is 3. The number of aromatic nitrogens is 4. The van der Waals surface area contributed by atoms with Gasteiger partial charge in [0.1, 0.15) is 30.2 Å². The fraction of sp³-hybridized carbons (Fsp3) is 0.583. The Morgan fingerprint density at radius 1 is 1.36 bits per heavy atom. The molecule has 3 unspecified atom stereocenters. The van der Waals surface area contributed by atoms with E-state index in [1.807, 2.05) is 6.92 Å². The van der Waals surface area contributed by atoms with Crippen molar-refractivity contribution in [3.05, 3.63) is 12.7 Å². The molecule has 0 radical (unpaired) electrons. The number of nitrogens with two attached hydrogens (primary N) is 1. The van der Waals surface area contributed by atoms with E-state index >= 15 is 0 Å². The molecule has 22 heavy (non-hydrogen) atoms. The summed E-state index contributed by atoms with van der Waals surface area (Å²) in [5.41, 5.74) is 6.62. The van der Waals surface area contributed by atoms with Gasteiger partial charge in [-0.15, -0.1) is 0 Å². The zero-order valence-electron chi connectivity index (χ0n) is 12.0. The quantitative estimate of drug-likeness (QED) is 0.502. The summed E-state index contributed by atoms with van der Waals surface area (Å²) in [7, 11) is 0.342. The van der Waals surface area contributed by atoms with Crippen LogP contribution in [0.5, 0.6) is 0 Å². The Morgan fingerprint density at radius 2 is 2.18 bits per heavy atom. The topological polar surface area (TPSA) is 129 Å². The third kappa shape index (κ3) is 2.66. The smallest absolute Gasteiger partial charge is 0.167 e. The van der Waals surface area contributed by atoms with Crippen LogP contribution in [-0.2, 0) is 9.26 Å². The van der Waals surface area contributed by atoms with Crippen LogP contribution in [-0.4, -0.2) is 60.8 Å². The van der Waals surface area contributed by atoms with Crippen LogP contribution in [0.1, 0.15) is 13.2 Å². The number of ether oxygens (including phenoxy) is 1. The Kier molecular flexibility index (Phi) is 4.51. The molecule has 1 saturated heterocycles. The van der Waals surface area contributed by atoms with Crippen molar-refractivity contribution in [2.24, 2.45) is 0 Å². The summed E-state index contributed by atoms with van der Waals surface area (Å²) in [6, 6.07) is 0. The predicted molar refractivity (Wildman–Crippen MR) is 80.5 cm³/mol. The molecular weight excluding hydrogens is 309 g/mol. The molecule has 0 aromatic carbocycles. The Morgan fingerprint density at radius 3 is 2.95 bits per heavy atom. The van der Waals surface area contributed by atoms with E-state index < -0.39 is 24.5 Å². The number of imidazole rings is 1. The monoisotopic (exact) mass is 327 g/mol. The van der Waals surface area contributed by atoms with Crippen LogP contribution >= 0.6 is 8.81 Å². The largest absolute Gasteiger partial charge is 0.387 e. The van der Waals surface area contributed by atoms with E-state index in [0.29, 0.717) is 20.0 Å². The zero-order valence-corrected chi connectivity index (χ0v) is 13.0. The molecule has 2 aromatic heterocycles. The third-order valence-electron chi connectivity index (χ3n) is 3.49. The lowest BCUT2D eigenvalue weighted by molar-refractivity contribution is -0.0459. The Labute approximate surface area is 128 Å². The van der Waals surface area contributed by atoms with Gasteiger partial charge in [0, 0.05) is 8.81 Å². The second-order valence-electron chi connectivity index (χ2n) is 4.94. The summed E-state index contributed by atoms with van der Waals surface area (Å²) in [6.45, 7) is 2.23. The third-order valence-corrected chi connectivity index (χ3v) is 4.15. The molecule has 5 atom stereocenters. The zero-order chi connectivity index (χ0) is 15.7. The summed E-state index contributed by atoms with van der Waals surface area (Å²) in [5.74, 6) is 0.251. The fourth-order valence-corrected chi connectivity index (χ4v) is 2.88. The molecule has 120 valence electrons. The van der Waals surface area contributed by atoms with Gasteiger partial charge in [0.05, 0.1) is 12.9 Å². The van der Waals surface area contributed by atoms with Gasteiger partial charge in [-0.05, 0) is 6.16 Å². The van der Waals surface area contributed by atoms with E-state index in [1.165, 1.54) is 12.7 Å². The standard InChI is InChI=1S/C12H18N5O4P/c1-2-22-20-3-6-8(18)9(19)12(21-6)17-5-16-7-10(13)14-4-15-11(7)17/h4-6,8-9,12,18-19,22H,2-3H2,1H3,(H2,13,14,15)/t6-,8?,9?,12-/m1/s1. The van der Waals surface area contributed by atoms with Crippen molar-refractivity contribution in [3.63, 3.8) is 0 Å². The molecule has 0 bridgehead atoms. The highest BCUT2D eigenvalue weighted by Gasteiger charge is 2.44. The van der Waals surface area contributed by atoms with Gasteiger partial charge >= 0.3 is 0 Å². The number of hydrogen-bond acceptors (Lipinski definition) is 8. The number of nitrogens with zero attached hydrogens (tertiary/aromatic N) is 4. The van der Waals surface area contributed by atoms with Crippen molar-refractivity contribution in [1.82, 2.24) is 19.5 Å². The SMILES string of the molecule is CCPOC[C@H]1O[C@@H](n2cnc3c(N)ncnc32)C(O)C1O. The number of anilines is 1. The van der Waals surface area contributed by atoms with Gasteiger partial charge in [-0.3, -0.25) is 4.57 Å². The summed E-state index contributed by atoms with van der Waals surface area (Å²) < 4.78 is 12.7. The molecule has 3 heterocycles. The van der Waals surface area contributed by atoms with Gasteiger partial charge in [-0.25, -0.2) is 15.0 Å². The van der Waals surface area contributed by atoms with Crippen LogP contribution in [0.2, 0.25) is 0 Å². The second kappa shape index (κ2) is 6.39. The van der Waals surface area contributed by atoms with Crippen LogP contribution in [0.25, 0.3) is 11.2 Å². The van der Waals surface area contributed by atoms with Crippen LogP contribution in [0.4, 0.5) is 5.82 Å². The molecule has 1 aliphatic heterocycles. The number of rotatable bonds is 5. The summed E-state index contributed by atoms with van der Waals surface area (Å²) in [6.07, 6.45) is 0.139. The van der Waals surface area contributed by atoms with Gasteiger partial charge < -0.3 is 25.2 Å². The molecule has 0 spiro atoms. The van der Waals surface area contributed by atoms with E-state index in [4.69, 9.17) is 15.0 Å². The van der Waals surface area contributed by atoms with Crippen molar-refractivity contribution in [1.29, 1.82) is 0 Å². The second-order valence-corrected chi connectivity index (χ2v) is 6.22. The maximum atomic E-state index is 10.2. The number of fused-ring (bicyclic) bond motifs is 1. The molecule has 2 aromatic rings. The average Bonchev–Trinajstić information content (AvgIpc) is 3.05. The minimum absolute atomic E-state index is 0.227. The molecule has 10 heteroatoms. The van der Waals surface area contributed by atoms with E-state index in [1.54, 1.807) is 4.57 Å². The first-order chi connectivity index (χ1) is 10.6. The van der Waals surface area contributed by atoms with Crippen LogP contribution < -0.4 is 5.73 Å². The lowest BCUT2D eigenvalue weighted by Gasteiger charge is -2.16. The average molecular weight is 327 g/mol. The van der Waals surface area contributed by atoms with Gasteiger partial charge in [-0.1, -0.05) is 6.92 Å². The van der Waals surface area contributed by atoms with E-state index in [2.05, 4.69) is 15.0 Å². The summed E-state index contributed by atoms with van der Waals surface area (Å²) in [4.78, 5) is 12.1. The van der Waals surface area contributed by atoms with Gasteiger partial charge in [0.2, 0.25) is 0 Å². The minimum atomic E-state index is -1.10. The normalized spacial score (nSPS) is 29.0. The fourth-order valence-electron chi connectivity index (χ4n) is 2.40. The predicted octanol–water partition coefficient (Wildman–Crippen LogP) is -0.342. The van der Waals surface area contributed by atoms with Crippen molar-refractivity contribution in [2.45, 2.75) is 31.5 Å². The van der Waals surface area contributed by atoms with E-state index in [-0.39, 0.29) is 12.4 Å². The lowest BCUT2D eigenvalue weighted by Crippen LogP contribution is -2.33. The summed E-state index contributed by atoms with van der Waals surface area (Å²) >= 11 is 0. The maximum absolute atomic E-state index is 10.2. The van der Waals surface area contributed by atoms with E-state index in [9.17, 15) is 10.2 Å². The molecule has 3 rings (SSSR count). The van der Waals surface area contributed by atoms with Crippen LogP contribution in [0.15, 0.2) is 12.7 Å². The van der Waals surface area contributed by atoms with Crippen molar-refractivity contribution in [3.8, 4) is 0 Å². The number of aliphatic hydroxyl groups is 2. The Bertz CT molecular complexity index is 653. The minimum Gasteiger partial charge on any atom is -0.387 e. The van der Waals surface area contributed by atoms with Crippen LogP contribution in [0, 0.1) is 0 Å². The highest BCUT2D eigenvalue weighted by Crippen LogP contribution is 2.32. The Hall–Kier alpha value is -1.38. The molecule has 0 aliphatic carbocycles. The van der Waals surface area contributed by atoms with Gasteiger partial charge in [-0.2, -0.15) is 0 Å². The maximum Gasteiger partial charge on any atom is 0.167 e. The summed E-state index contributed by atoms with van der Waals surface area (Å²) in [5, 5.41) is 20.3. The van der Waals surface area contributed by atoms with Crippen molar-refractivity contribution >= 4 is 25.8 Å². The molecule has 4 N–H and O–H groups in total. The first-order valence-corrected chi connectivity index (χ1v) is 8.04. The molecule has 0 saturated carbocycles. The van der Waals surface area contributed by atoms with Gasteiger partial charge in [0.25, 0.3) is 0 Å². The highest BCUT2D eigenvalue weighted by molar-refractivity contribution is 7.32. The first-order valence-electron chi connectivity index (χ1n) is 6.92.